The summed E-state index contributed by atoms with van der Waals surface area (Å²) < 4.78 is 17.2. The maximum atomic E-state index is 5.73. The van der Waals surface area contributed by atoms with Gasteiger partial charge in [-0.05, 0) is 12.0 Å². The van der Waals surface area contributed by atoms with Crippen molar-refractivity contribution in [2.75, 3.05) is 21.3 Å². The smallest absolute Gasteiger partial charge is 0.377 e. The Morgan fingerprint density at radius 3 is 1.74 bits per heavy atom. The highest BCUT2D eigenvalue weighted by Gasteiger charge is 2.52. The summed E-state index contributed by atoms with van der Waals surface area (Å²) in [5.41, 5.74) is 1.32. The van der Waals surface area contributed by atoms with E-state index in [0.29, 0.717) is 5.16 Å². The van der Waals surface area contributed by atoms with E-state index in [2.05, 4.69) is 43.9 Å². The first-order valence-electron chi connectivity index (χ1n) is 6.59. The maximum Gasteiger partial charge on any atom is 0.500 e. The van der Waals surface area contributed by atoms with E-state index < -0.39 is 16.9 Å². The van der Waals surface area contributed by atoms with Gasteiger partial charge in [0.25, 0.3) is 0 Å². The summed E-state index contributed by atoms with van der Waals surface area (Å²) in [6, 6.07) is 10.5. The van der Waals surface area contributed by atoms with Crippen LogP contribution in [0, 0.1) is 0 Å². The third kappa shape index (κ3) is 4.00. The molecule has 0 aliphatic carbocycles. The van der Waals surface area contributed by atoms with Gasteiger partial charge in [0.2, 0.25) is 0 Å². The standard InChI is InChI=1S/C14H26O3Si2/c1-15-19(16-2,17-3)14(18(4,5)6)12-13-10-8-7-9-11-13/h7-11,14H,12H2,1-6H3. The van der Waals surface area contributed by atoms with E-state index in [9.17, 15) is 0 Å². The number of benzene rings is 1. The van der Waals surface area contributed by atoms with E-state index in [4.69, 9.17) is 13.3 Å². The van der Waals surface area contributed by atoms with Gasteiger partial charge in [0, 0.05) is 26.5 Å². The Bertz CT molecular complexity index is 364. The first-order chi connectivity index (χ1) is 8.89. The Balaban J connectivity index is 3.08. The highest BCUT2D eigenvalue weighted by Crippen LogP contribution is 2.36. The molecule has 1 aromatic rings. The number of rotatable bonds is 7. The summed E-state index contributed by atoms with van der Waals surface area (Å²) in [5.74, 6) is 0. The molecule has 0 aromatic heterocycles. The second-order valence-corrected chi connectivity index (χ2v) is 15.0. The van der Waals surface area contributed by atoms with Gasteiger partial charge < -0.3 is 13.3 Å². The fourth-order valence-corrected chi connectivity index (χ4v) is 10.5. The minimum absolute atomic E-state index is 0.349. The lowest BCUT2D eigenvalue weighted by Crippen LogP contribution is -2.56. The Kier molecular flexibility index (Phi) is 5.94. The van der Waals surface area contributed by atoms with Crippen molar-refractivity contribution in [3.8, 4) is 0 Å². The summed E-state index contributed by atoms with van der Waals surface area (Å²) in [7, 11) is 1.03. The minimum Gasteiger partial charge on any atom is -0.377 e. The second-order valence-electron chi connectivity index (χ2n) is 5.82. The Morgan fingerprint density at radius 2 is 1.37 bits per heavy atom. The third-order valence-electron chi connectivity index (χ3n) is 3.61. The molecule has 0 radical (unpaired) electrons. The molecule has 0 N–H and O–H groups in total. The van der Waals surface area contributed by atoms with Crippen LogP contribution in [-0.4, -0.2) is 38.2 Å². The fraction of sp³-hybridized carbons (Fsp3) is 0.571. The van der Waals surface area contributed by atoms with Crippen molar-refractivity contribution in [1.29, 1.82) is 0 Å². The lowest BCUT2D eigenvalue weighted by molar-refractivity contribution is 0.118. The zero-order chi connectivity index (χ0) is 14.5. The van der Waals surface area contributed by atoms with Crippen LogP contribution in [0.5, 0.6) is 0 Å². The van der Waals surface area contributed by atoms with E-state index in [1.807, 2.05) is 6.07 Å². The van der Waals surface area contributed by atoms with Gasteiger partial charge in [-0.1, -0.05) is 50.0 Å². The zero-order valence-electron chi connectivity index (χ0n) is 12.9. The van der Waals surface area contributed by atoms with Crippen molar-refractivity contribution in [2.24, 2.45) is 0 Å². The van der Waals surface area contributed by atoms with Crippen LogP contribution in [0.15, 0.2) is 30.3 Å². The topological polar surface area (TPSA) is 27.7 Å². The zero-order valence-corrected chi connectivity index (χ0v) is 14.9. The molecule has 5 heteroatoms. The van der Waals surface area contributed by atoms with Crippen molar-refractivity contribution >= 4 is 16.9 Å². The SMILES string of the molecule is CO[Si](OC)(OC)C(Cc1ccccc1)[Si](C)(C)C. The molecular formula is C14H26O3Si2. The monoisotopic (exact) mass is 298 g/mol. The molecule has 1 rings (SSSR count). The van der Waals surface area contributed by atoms with Crippen molar-refractivity contribution in [3.05, 3.63) is 35.9 Å². The molecule has 1 unspecified atom stereocenters. The largest absolute Gasteiger partial charge is 0.500 e. The molecule has 3 nitrogen and oxygen atoms in total. The normalized spacial score (nSPS) is 14.4. The van der Waals surface area contributed by atoms with E-state index in [0.717, 1.165) is 6.42 Å². The lowest BCUT2D eigenvalue weighted by atomic mass is 10.2. The van der Waals surface area contributed by atoms with Crippen molar-refractivity contribution in [3.63, 3.8) is 0 Å². The highest BCUT2D eigenvalue weighted by atomic mass is 28.4. The van der Waals surface area contributed by atoms with Gasteiger partial charge in [-0.25, -0.2) is 0 Å². The second kappa shape index (κ2) is 6.81. The lowest BCUT2D eigenvalue weighted by Gasteiger charge is -2.39. The Morgan fingerprint density at radius 1 is 0.895 bits per heavy atom. The van der Waals surface area contributed by atoms with E-state index in [-0.39, 0.29) is 0 Å². The van der Waals surface area contributed by atoms with Crippen molar-refractivity contribution in [2.45, 2.75) is 31.2 Å². The summed E-state index contributed by atoms with van der Waals surface area (Å²) in [6.07, 6.45) is 0.957. The Hall–Kier alpha value is -0.466. The Labute approximate surface area is 119 Å². The molecule has 108 valence electrons. The predicted molar refractivity (Wildman–Crippen MR) is 84.0 cm³/mol. The van der Waals surface area contributed by atoms with Crippen LogP contribution >= 0.6 is 0 Å². The molecule has 0 saturated heterocycles. The van der Waals surface area contributed by atoms with E-state index >= 15 is 0 Å². The van der Waals surface area contributed by atoms with Gasteiger partial charge in [-0.15, -0.1) is 0 Å². The third-order valence-corrected chi connectivity index (χ3v) is 12.3. The molecule has 0 spiro atoms. The maximum absolute atomic E-state index is 5.73. The summed E-state index contributed by atoms with van der Waals surface area (Å²) in [5, 5.41) is 0.349. The molecule has 19 heavy (non-hydrogen) atoms. The van der Waals surface area contributed by atoms with Gasteiger partial charge >= 0.3 is 8.80 Å². The average molecular weight is 299 g/mol. The van der Waals surface area contributed by atoms with Crippen LogP contribution in [0.2, 0.25) is 24.8 Å². The fourth-order valence-electron chi connectivity index (χ4n) is 2.49. The molecule has 1 atom stereocenters. The molecule has 0 heterocycles. The molecule has 0 aliphatic heterocycles. The molecule has 0 amide bonds. The minimum atomic E-state index is -2.60. The van der Waals surface area contributed by atoms with Crippen molar-refractivity contribution < 1.29 is 13.3 Å². The molecule has 1 aromatic carbocycles. The van der Waals surface area contributed by atoms with E-state index in [1.54, 1.807) is 21.3 Å². The van der Waals surface area contributed by atoms with E-state index in [1.165, 1.54) is 5.56 Å². The van der Waals surface area contributed by atoms with Crippen LogP contribution in [0.1, 0.15) is 5.56 Å². The van der Waals surface area contributed by atoms with Gasteiger partial charge in [0.1, 0.15) is 0 Å². The first kappa shape index (κ1) is 16.6. The summed E-state index contributed by atoms with van der Waals surface area (Å²) in [6.45, 7) is 7.04. The van der Waals surface area contributed by atoms with Gasteiger partial charge in [0.05, 0.1) is 8.07 Å². The molecule has 0 fully saturated rings. The van der Waals surface area contributed by atoms with Gasteiger partial charge in [-0.2, -0.15) is 0 Å². The quantitative estimate of drug-likeness (QED) is 0.723. The van der Waals surface area contributed by atoms with Crippen molar-refractivity contribution in [1.82, 2.24) is 0 Å². The molecule has 0 aliphatic rings. The van der Waals surface area contributed by atoms with Gasteiger partial charge in [0.15, 0.2) is 0 Å². The molecule has 0 bridgehead atoms. The van der Waals surface area contributed by atoms with Gasteiger partial charge in [-0.3, -0.25) is 0 Å². The first-order valence-corrected chi connectivity index (χ1v) is 12.0. The van der Waals surface area contributed by atoms with Crippen LogP contribution in [0.25, 0.3) is 0 Å². The summed E-state index contributed by atoms with van der Waals surface area (Å²) >= 11 is 0. The number of hydrogen-bond acceptors (Lipinski definition) is 3. The summed E-state index contributed by atoms with van der Waals surface area (Å²) in [4.78, 5) is 0. The predicted octanol–water partition coefficient (Wildman–Crippen LogP) is 3.35. The number of hydrogen-bond donors (Lipinski definition) is 0. The molecule has 0 saturated carbocycles. The molecular weight excluding hydrogens is 272 g/mol. The van der Waals surface area contributed by atoms with Crippen LogP contribution in [0.3, 0.4) is 0 Å². The highest BCUT2D eigenvalue weighted by molar-refractivity contribution is 6.90. The van der Waals surface area contributed by atoms with Crippen LogP contribution in [-0.2, 0) is 19.7 Å². The van der Waals surface area contributed by atoms with Crippen LogP contribution < -0.4 is 0 Å². The van der Waals surface area contributed by atoms with Crippen LogP contribution in [0.4, 0.5) is 0 Å². The average Bonchev–Trinajstić information content (AvgIpc) is 2.40.